The SMILES string of the molecule is Cc1ccc(-n2c3nc4ccccc4nc3c3c(=O)n(C[C@H]4CCCO4)cnc32)cc1Cl. The molecule has 8 heteroatoms. The zero-order valence-corrected chi connectivity index (χ0v) is 18.2. The normalized spacial score (nSPS) is 16.5. The van der Waals surface area contributed by atoms with Crippen molar-refractivity contribution in [2.24, 2.45) is 0 Å². The lowest BCUT2D eigenvalue weighted by Crippen LogP contribution is -2.26. The monoisotopic (exact) mass is 445 g/mol. The zero-order chi connectivity index (χ0) is 21.8. The van der Waals surface area contributed by atoms with Crippen LogP contribution in [-0.4, -0.2) is 36.8 Å². The molecule has 5 aromatic rings. The molecule has 0 spiro atoms. The van der Waals surface area contributed by atoms with E-state index in [1.165, 1.54) is 0 Å². The summed E-state index contributed by atoms with van der Waals surface area (Å²) in [6, 6.07) is 13.4. The molecule has 1 saturated heterocycles. The van der Waals surface area contributed by atoms with E-state index in [1.807, 2.05) is 54.0 Å². The van der Waals surface area contributed by atoms with Gasteiger partial charge >= 0.3 is 0 Å². The summed E-state index contributed by atoms with van der Waals surface area (Å²) in [5.74, 6) is 0. The molecule has 0 N–H and O–H groups in total. The fourth-order valence-electron chi connectivity index (χ4n) is 4.38. The van der Waals surface area contributed by atoms with Crippen molar-refractivity contribution in [1.29, 1.82) is 0 Å². The van der Waals surface area contributed by atoms with E-state index in [0.717, 1.165) is 41.7 Å². The first-order chi connectivity index (χ1) is 15.6. The van der Waals surface area contributed by atoms with Gasteiger partial charge < -0.3 is 4.74 Å². The molecule has 1 fully saturated rings. The molecule has 4 heterocycles. The minimum atomic E-state index is -0.142. The summed E-state index contributed by atoms with van der Waals surface area (Å²) >= 11 is 6.43. The van der Waals surface area contributed by atoms with Gasteiger partial charge in [0.15, 0.2) is 11.3 Å². The van der Waals surface area contributed by atoms with Crippen molar-refractivity contribution >= 4 is 44.8 Å². The van der Waals surface area contributed by atoms with Crippen LogP contribution in [0.2, 0.25) is 5.02 Å². The topological polar surface area (TPSA) is 74.8 Å². The lowest BCUT2D eigenvalue weighted by Gasteiger charge is -2.12. The number of rotatable bonds is 3. The van der Waals surface area contributed by atoms with Crippen molar-refractivity contribution in [3.05, 3.63) is 69.7 Å². The second kappa shape index (κ2) is 7.39. The maximum atomic E-state index is 13.6. The minimum absolute atomic E-state index is 0.0307. The Balaban J connectivity index is 1.69. The largest absolute Gasteiger partial charge is 0.376 e. The zero-order valence-electron chi connectivity index (χ0n) is 17.5. The quantitative estimate of drug-likeness (QED) is 0.411. The number of para-hydroxylation sites is 2. The predicted molar refractivity (Wildman–Crippen MR) is 125 cm³/mol. The van der Waals surface area contributed by atoms with Gasteiger partial charge in [-0.05, 0) is 49.6 Å². The van der Waals surface area contributed by atoms with Gasteiger partial charge in [-0.2, -0.15) is 0 Å². The number of nitrogens with zero attached hydrogens (tertiary/aromatic N) is 5. The van der Waals surface area contributed by atoms with Gasteiger partial charge in [0.05, 0.1) is 29.4 Å². The molecule has 7 nitrogen and oxygen atoms in total. The molecule has 0 radical (unpaired) electrons. The van der Waals surface area contributed by atoms with Gasteiger partial charge in [0.25, 0.3) is 5.56 Å². The highest BCUT2D eigenvalue weighted by Gasteiger charge is 2.23. The highest BCUT2D eigenvalue weighted by molar-refractivity contribution is 6.31. The Morgan fingerprint density at radius 1 is 1.12 bits per heavy atom. The van der Waals surface area contributed by atoms with E-state index in [2.05, 4.69) is 4.98 Å². The second-order valence-electron chi connectivity index (χ2n) is 8.19. The van der Waals surface area contributed by atoms with E-state index >= 15 is 0 Å². The number of aryl methyl sites for hydroxylation is 1. The molecular weight excluding hydrogens is 426 g/mol. The summed E-state index contributed by atoms with van der Waals surface area (Å²) in [6.45, 7) is 3.17. The molecule has 32 heavy (non-hydrogen) atoms. The first-order valence-corrected chi connectivity index (χ1v) is 11.0. The first-order valence-electron chi connectivity index (χ1n) is 10.6. The van der Waals surface area contributed by atoms with Crippen LogP contribution in [0.25, 0.3) is 38.9 Å². The molecule has 1 aliphatic rings. The third-order valence-corrected chi connectivity index (χ3v) is 6.48. The van der Waals surface area contributed by atoms with Crippen LogP contribution in [0.4, 0.5) is 0 Å². The number of benzene rings is 2. The molecule has 160 valence electrons. The van der Waals surface area contributed by atoms with E-state index in [9.17, 15) is 4.79 Å². The van der Waals surface area contributed by atoms with Crippen molar-refractivity contribution in [3.8, 4) is 5.69 Å². The third-order valence-electron chi connectivity index (χ3n) is 6.07. The van der Waals surface area contributed by atoms with Crippen LogP contribution in [0.15, 0.2) is 53.6 Å². The number of hydrogen-bond acceptors (Lipinski definition) is 5. The van der Waals surface area contributed by atoms with Crippen LogP contribution in [-0.2, 0) is 11.3 Å². The number of fused-ring (bicyclic) bond motifs is 4. The van der Waals surface area contributed by atoms with E-state index < -0.39 is 0 Å². The third kappa shape index (κ3) is 3.00. The standard InChI is InChI=1S/C24H20ClN5O2/c1-14-8-9-15(11-17(14)25)30-22-20(21-23(30)28-19-7-3-2-6-18(19)27-21)24(31)29(13-26-22)12-16-5-4-10-32-16/h2-3,6-9,11,13,16H,4-5,10,12H2,1H3/t16-/m1/s1. The molecule has 1 aliphatic heterocycles. The van der Waals surface area contributed by atoms with Crippen molar-refractivity contribution < 1.29 is 4.74 Å². The van der Waals surface area contributed by atoms with Crippen molar-refractivity contribution in [2.45, 2.75) is 32.4 Å². The molecule has 6 rings (SSSR count). The lowest BCUT2D eigenvalue weighted by molar-refractivity contribution is 0.0960. The molecule has 0 unspecified atom stereocenters. The van der Waals surface area contributed by atoms with E-state index in [0.29, 0.717) is 33.8 Å². The maximum absolute atomic E-state index is 13.6. The molecule has 2 aromatic carbocycles. The Kier molecular flexibility index (Phi) is 4.48. The highest BCUT2D eigenvalue weighted by atomic mass is 35.5. The van der Waals surface area contributed by atoms with Gasteiger partial charge in [-0.1, -0.05) is 29.8 Å². The predicted octanol–water partition coefficient (Wildman–Crippen LogP) is 4.42. The van der Waals surface area contributed by atoms with Gasteiger partial charge in [-0.15, -0.1) is 0 Å². The van der Waals surface area contributed by atoms with Gasteiger partial charge in [0, 0.05) is 11.6 Å². The lowest BCUT2D eigenvalue weighted by atomic mass is 10.2. The Morgan fingerprint density at radius 2 is 1.94 bits per heavy atom. The highest BCUT2D eigenvalue weighted by Crippen LogP contribution is 2.30. The van der Waals surface area contributed by atoms with Crippen molar-refractivity contribution in [1.82, 2.24) is 24.1 Å². The summed E-state index contributed by atoms with van der Waals surface area (Å²) < 4.78 is 9.23. The number of ether oxygens (including phenoxy) is 1. The molecular formula is C24H20ClN5O2. The van der Waals surface area contributed by atoms with Crippen LogP contribution < -0.4 is 5.56 Å². The summed E-state index contributed by atoms with van der Waals surface area (Å²) in [5.41, 5.74) is 4.74. The molecule has 0 amide bonds. The van der Waals surface area contributed by atoms with Crippen LogP contribution >= 0.6 is 11.6 Å². The van der Waals surface area contributed by atoms with Crippen molar-refractivity contribution in [3.63, 3.8) is 0 Å². The fraction of sp³-hybridized carbons (Fsp3) is 0.250. The Bertz CT molecular complexity index is 1570. The summed E-state index contributed by atoms with van der Waals surface area (Å²) in [6.07, 6.45) is 3.58. The Morgan fingerprint density at radius 3 is 2.69 bits per heavy atom. The second-order valence-corrected chi connectivity index (χ2v) is 8.60. The van der Waals surface area contributed by atoms with Crippen LogP contribution in [0.1, 0.15) is 18.4 Å². The number of halogens is 1. The van der Waals surface area contributed by atoms with E-state index in [-0.39, 0.29) is 11.7 Å². The smallest absolute Gasteiger partial charge is 0.265 e. The first kappa shape index (κ1) is 19.4. The number of aromatic nitrogens is 5. The van der Waals surface area contributed by atoms with Crippen LogP contribution in [0.3, 0.4) is 0 Å². The molecule has 0 aliphatic carbocycles. The summed E-state index contributed by atoms with van der Waals surface area (Å²) in [5, 5.41) is 1.09. The molecule has 0 saturated carbocycles. The molecule has 0 bridgehead atoms. The Labute approximate surface area is 188 Å². The number of hydrogen-bond donors (Lipinski definition) is 0. The fourth-order valence-corrected chi connectivity index (χ4v) is 4.55. The summed E-state index contributed by atoms with van der Waals surface area (Å²) in [7, 11) is 0. The summed E-state index contributed by atoms with van der Waals surface area (Å²) in [4.78, 5) is 28.0. The van der Waals surface area contributed by atoms with Crippen molar-refractivity contribution in [2.75, 3.05) is 6.61 Å². The van der Waals surface area contributed by atoms with E-state index in [1.54, 1.807) is 10.9 Å². The van der Waals surface area contributed by atoms with Gasteiger partial charge in [0.1, 0.15) is 17.2 Å². The van der Waals surface area contributed by atoms with Gasteiger partial charge in [-0.3, -0.25) is 13.9 Å². The molecule has 1 atom stereocenters. The van der Waals surface area contributed by atoms with Crippen LogP contribution in [0, 0.1) is 6.92 Å². The van der Waals surface area contributed by atoms with E-state index in [4.69, 9.17) is 26.3 Å². The average molecular weight is 446 g/mol. The average Bonchev–Trinajstić information content (AvgIpc) is 3.42. The molecule has 3 aromatic heterocycles. The maximum Gasteiger partial charge on any atom is 0.265 e. The Hall–Kier alpha value is -3.29. The van der Waals surface area contributed by atoms with Crippen LogP contribution in [0.5, 0.6) is 0 Å². The van der Waals surface area contributed by atoms with Gasteiger partial charge in [-0.25, -0.2) is 15.0 Å². The van der Waals surface area contributed by atoms with Gasteiger partial charge in [0.2, 0.25) is 0 Å². The minimum Gasteiger partial charge on any atom is -0.376 e.